The van der Waals surface area contributed by atoms with Crippen molar-refractivity contribution >= 4 is 5.97 Å². The molecule has 0 amide bonds. The highest BCUT2D eigenvalue weighted by Crippen LogP contribution is 2.17. The normalized spacial score (nSPS) is 13.3. The van der Waals surface area contributed by atoms with Gasteiger partial charge in [-0.25, -0.2) is 0 Å². The molecule has 114 valence electrons. The quantitative estimate of drug-likeness (QED) is 0.387. The van der Waals surface area contributed by atoms with E-state index >= 15 is 0 Å². The van der Waals surface area contributed by atoms with Crippen LogP contribution in [0.15, 0.2) is 0 Å². The maximum absolute atomic E-state index is 11.7. The minimum Gasteiger partial charge on any atom is -0.460 e. The van der Waals surface area contributed by atoms with Crippen LogP contribution in [0.3, 0.4) is 0 Å². The molecule has 0 aliphatic carbocycles. The highest BCUT2D eigenvalue weighted by molar-refractivity contribution is 5.70. The van der Waals surface area contributed by atoms with Crippen molar-refractivity contribution in [2.45, 2.75) is 98.0 Å². The summed E-state index contributed by atoms with van der Waals surface area (Å²) in [4.78, 5) is 11.7. The van der Waals surface area contributed by atoms with Crippen LogP contribution in [0.2, 0.25) is 0 Å². The number of carbonyl (C=O) groups is 1. The summed E-state index contributed by atoms with van der Waals surface area (Å²) in [6.07, 6.45) is 11.0. The Balaban J connectivity index is 3.49. The van der Waals surface area contributed by atoms with E-state index in [1.807, 2.05) is 20.8 Å². The molecule has 0 rings (SSSR count). The lowest BCUT2D eigenvalue weighted by molar-refractivity contribution is -0.155. The predicted molar refractivity (Wildman–Crippen MR) is 82.2 cm³/mol. The molecule has 0 aliphatic rings. The highest BCUT2D eigenvalue weighted by atomic mass is 16.6. The van der Waals surface area contributed by atoms with Crippen LogP contribution in [0, 0.1) is 5.92 Å². The van der Waals surface area contributed by atoms with Crippen LogP contribution in [-0.4, -0.2) is 11.6 Å². The van der Waals surface area contributed by atoms with Crippen LogP contribution >= 0.6 is 0 Å². The van der Waals surface area contributed by atoms with Gasteiger partial charge in [0.15, 0.2) is 0 Å². The van der Waals surface area contributed by atoms with Gasteiger partial charge in [0, 0.05) is 6.42 Å². The van der Waals surface area contributed by atoms with Crippen molar-refractivity contribution in [3.8, 4) is 0 Å². The van der Waals surface area contributed by atoms with Gasteiger partial charge in [0.1, 0.15) is 5.60 Å². The fourth-order valence-electron chi connectivity index (χ4n) is 2.22. The Hall–Kier alpha value is -0.530. The van der Waals surface area contributed by atoms with E-state index in [0.29, 0.717) is 12.3 Å². The fraction of sp³-hybridized carbons (Fsp3) is 0.941. The van der Waals surface area contributed by atoms with Crippen molar-refractivity contribution in [3.05, 3.63) is 0 Å². The molecule has 0 saturated carbocycles. The number of carbonyl (C=O) groups excluding carboxylic acids is 1. The lowest BCUT2D eigenvalue weighted by atomic mass is 9.99. The monoisotopic (exact) mass is 270 g/mol. The van der Waals surface area contributed by atoms with Gasteiger partial charge in [-0.3, -0.25) is 4.79 Å². The van der Waals surface area contributed by atoms with Crippen LogP contribution in [0.25, 0.3) is 0 Å². The molecule has 2 nitrogen and oxygen atoms in total. The van der Waals surface area contributed by atoms with Gasteiger partial charge in [-0.15, -0.1) is 0 Å². The van der Waals surface area contributed by atoms with Crippen LogP contribution < -0.4 is 0 Å². The van der Waals surface area contributed by atoms with Crippen molar-refractivity contribution < 1.29 is 9.53 Å². The summed E-state index contributed by atoms with van der Waals surface area (Å²) in [5.41, 5.74) is -0.351. The largest absolute Gasteiger partial charge is 0.460 e. The average molecular weight is 270 g/mol. The lowest BCUT2D eigenvalue weighted by Crippen LogP contribution is -2.24. The number of hydrogen-bond acceptors (Lipinski definition) is 2. The van der Waals surface area contributed by atoms with Gasteiger partial charge in [0.2, 0.25) is 0 Å². The van der Waals surface area contributed by atoms with Crippen LogP contribution in [0.1, 0.15) is 92.4 Å². The second kappa shape index (κ2) is 10.3. The third-order valence-corrected chi connectivity index (χ3v) is 3.24. The highest BCUT2D eigenvalue weighted by Gasteiger charge is 2.18. The van der Waals surface area contributed by atoms with Crippen LogP contribution in [0.4, 0.5) is 0 Å². The maximum Gasteiger partial charge on any atom is 0.306 e. The van der Waals surface area contributed by atoms with Gasteiger partial charge in [0.05, 0.1) is 0 Å². The SMILES string of the molecule is CCCCCCCCCC(C)CC(=O)OC(C)(C)C. The third-order valence-electron chi connectivity index (χ3n) is 3.24. The Labute approximate surface area is 120 Å². The number of esters is 1. The average Bonchev–Trinajstić information content (AvgIpc) is 2.25. The van der Waals surface area contributed by atoms with Crippen molar-refractivity contribution in [1.29, 1.82) is 0 Å². The molecule has 0 heterocycles. The van der Waals surface area contributed by atoms with E-state index in [-0.39, 0.29) is 11.6 Å². The number of ether oxygens (including phenoxy) is 1. The zero-order chi connectivity index (χ0) is 14.7. The standard InChI is InChI=1S/C17H34O2/c1-6-7-8-9-10-11-12-13-15(2)14-16(18)19-17(3,4)5/h15H,6-14H2,1-5H3. The summed E-state index contributed by atoms with van der Waals surface area (Å²) >= 11 is 0. The molecule has 0 saturated heterocycles. The maximum atomic E-state index is 11.7. The molecule has 0 spiro atoms. The van der Waals surface area contributed by atoms with E-state index in [9.17, 15) is 4.79 Å². The first-order valence-electron chi connectivity index (χ1n) is 8.07. The Bertz CT molecular complexity index is 228. The second-order valence-electron chi connectivity index (χ2n) is 6.81. The van der Waals surface area contributed by atoms with E-state index in [0.717, 1.165) is 6.42 Å². The first kappa shape index (κ1) is 18.5. The van der Waals surface area contributed by atoms with Crippen LogP contribution in [-0.2, 0) is 9.53 Å². The van der Waals surface area contributed by atoms with E-state index < -0.39 is 0 Å². The van der Waals surface area contributed by atoms with E-state index in [1.54, 1.807) is 0 Å². The van der Waals surface area contributed by atoms with Gasteiger partial charge in [-0.2, -0.15) is 0 Å². The summed E-state index contributed by atoms with van der Waals surface area (Å²) in [7, 11) is 0. The summed E-state index contributed by atoms with van der Waals surface area (Å²) in [5.74, 6) is 0.397. The van der Waals surface area contributed by atoms with E-state index in [2.05, 4.69) is 13.8 Å². The smallest absolute Gasteiger partial charge is 0.306 e. The molecule has 1 atom stereocenters. The third kappa shape index (κ3) is 13.7. The molecule has 2 heteroatoms. The Morgan fingerprint density at radius 3 is 2.05 bits per heavy atom. The molecule has 0 bridgehead atoms. The van der Waals surface area contributed by atoms with Crippen LogP contribution in [0.5, 0.6) is 0 Å². The molecule has 0 radical (unpaired) electrons. The molecule has 0 N–H and O–H groups in total. The zero-order valence-corrected chi connectivity index (χ0v) is 13.8. The summed E-state index contributed by atoms with van der Waals surface area (Å²) in [6.45, 7) is 10.2. The second-order valence-corrected chi connectivity index (χ2v) is 6.81. The number of hydrogen-bond donors (Lipinski definition) is 0. The van der Waals surface area contributed by atoms with Crippen molar-refractivity contribution in [2.75, 3.05) is 0 Å². The van der Waals surface area contributed by atoms with E-state index in [4.69, 9.17) is 4.74 Å². The molecule has 1 unspecified atom stereocenters. The Morgan fingerprint density at radius 1 is 1.00 bits per heavy atom. The molecule has 0 fully saturated rings. The molecular weight excluding hydrogens is 236 g/mol. The number of unbranched alkanes of at least 4 members (excludes halogenated alkanes) is 6. The van der Waals surface area contributed by atoms with Gasteiger partial charge in [0.25, 0.3) is 0 Å². The van der Waals surface area contributed by atoms with Gasteiger partial charge < -0.3 is 4.74 Å². The zero-order valence-electron chi connectivity index (χ0n) is 13.8. The molecule has 0 aromatic rings. The molecule has 0 aromatic heterocycles. The minimum absolute atomic E-state index is 0.0528. The van der Waals surface area contributed by atoms with Crippen molar-refractivity contribution in [1.82, 2.24) is 0 Å². The van der Waals surface area contributed by atoms with Gasteiger partial charge >= 0.3 is 5.97 Å². The summed E-state index contributed by atoms with van der Waals surface area (Å²) in [6, 6.07) is 0. The van der Waals surface area contributed by atoms with E-state index in [1.165, 1.54) is 44.9 Å². The first-order valence-corrected chi connectivity index (χ1v) is 8.07. The fourth-order valence-corrected chi connectivity index (χ4v) is 2.22. The lowest BCUT2D eigenvalue weighted by Gasteiger charge is -2.20. The molecule has 0 aromatic carbocycles. The minimum atomic E-state index is -0.351. The molecule has 0 aliphatic heterocycles. The first-order chi connectivity index (χ1) is 8.85. The topological polar surface area (TPSA) is 26.3 Å². The predicted octanol–water partition coefficient (Wildman–Crippen LogP) is 5.50. The Kier molecular flexibility index (Phi) is 9.99. The Morgan fingerprint density at radius 2 is 1.53 bits per heavy atom. The number of rotatable bonds is 10. The summed E-state index contributed by atoms with van der Waals surface area (Å²) < 4.78 is 5.34. The van der Waals surface area contributed by atoms with Gasteiger partial charge in [-0.05, 0) is 26.7 Å². The van der Waals surface area contributed by atoms with Gasteiger partial charge in [-0.1, -0.05) is 65.2 Å². The molecular formula is C17H34O2. The summed E-state index contributed by atoms with van der Waals surface area (Å²) in [5, 5.41) is 0. The molecule has 19 heavy (non-hydrogen) atoms. The van der Waals surface area contributed by atoms with Crippen molar-refractivity contribution in [3.63, 3.8) is 0 Å². The van der Waals surface area contributed by atoms with Crippen molar-refractivity contribution in [2.24, 2.45) is 5.92 Å².